The van der Waals surface area contributed by atoms with Crippen LogP contribution in [0.25, 0.3) is 27.6 Å². The number of rotatable bonds is 6. The zero-order valence-electron chi connectivity index (χ0n) is 29.9. The van der Waals surface area contributed by atoms with E-state index in [1.54, 1.807) is 12.4 Å². The van der Waals surface area contributed by atoms with E-state index in [0.717, 1.165) is 67.2 Å². The summed E-state index contributed by atoms with van der Waals surface area (Å²) in [4.78, 5) is 18.4. The Morgan fingerprint density at radius 1 is 0.585 bits per heavy atom. The molecule has 0 saturated heterocycles. The predicted molar refractivity (Wildman–Crippen MR) is 210 cm³/mol. The van der Waals surface area contributed by atoms with Gasteiger partial charge in [0.25, 0.3) is 0 Å². The van der Waals surface area contributed by atoms with Crippen molar-refractivity contribution in [2.45, 2.75) is 31.6 Å². The quantitative estimate of drug-likeness (QED) is 0.123. The molecule has 5 aromatic carbocycles. The number of nitrogens with zero attached hydrogens (tertiary/aromatic N) is 6. The van der Waals surface area contributed by atoms with Crippen molar-refractivity contribution in [3.05, 3.63) is 193 Å². The molecule has 3 aromatic heterocycles. The first-order chi connectivity index (χ1) is 25.3. The number of hydrogen-bond acceptors (Lipinski definition) is 5. The summed E-state index contributed by atoms with van der Waals surface area (Å²) in [5, 5.41) is 2.28. The van der Waals surface area contributed by atoms with Gasteiger partial charge >= 0.3 is 0 Å². The van der Waals surface area contributed by atoms with Gasteiger partial charge in [-0.25, -0.2) is 15.0 Å². The fourth-order valence-corrected chi connectivity index (χ4v) is 7.67. The SMILES string of the molecule is CN1[CH-]N(c2[c-]c(C(c3[c-]c4c(cc3)c3ccccc3n4-c3ccccn3)(c3ccccc3)c3ccccc3)cc(C(C)(C)C)c2)c2nccnc21.[Pt]. The van der Waals surface area contributed by atoms with Crippen molar-refractivity contribution in [3.8, 4) is 5.82 Å². The summed E-state index contributed by atoms with van der Waals surface area (Å²) < 4.78 is 2.24. The Labute approximate surface area is 325 Å². The van der Waals surface area contributed by atoms with Crippen LogP contribution in [0.3, 0.4) is 0 Å². The molecule has 0 atom stereocenters. The van der Waals surface area contributed by atoms with Crippen molar-refractivity contribution in [2.75, 3.05) is 16.8 Å². The summed E-state index contributed by atoms with van der Waals surface area (Å²) >= 11 is 0. The first-order valence-corrected chi connectivity index (χ1v) is 17.6. The molecule has 7 heteroatoms. The molecule has 0 spiro atoms. The van der Waals surface area contributed by atoms with Gasteiger partial charge in [0.1, 0.15) is 17.5 Å². The third-order valence-electron chi connectivity index (χ3n) is 10.2. The van der Waals surface area contributed by atoms with Crippen LogP contribution >= 0.6 is 0 Å². The van der Waals surface area contributed by atoms with E-state index in [4.69, 9.17) is 9.97 Å². The van der Waals surface area contributed by atoms with E-state index in [-0.39, 0.29) is 26.5 Å². The molecule has 9 rings (SSSR count). The first kappa shape index (κ1) is 34.5. The largest absolute Gasteiger partial charge is 0.487 e. The minimum atomic E-state index is -0.811. The van der Waals surface area contributed by atoms with Crippen molar-refractivity contribution in [1.82, 2.24) is 19.5 Å². The summed E-state index contributed by atoms with van der Waals surface area (Å²) in [6.45, 7) is 8.84. The molecule has 264 valence electrons. The van der Waals surface area contributed by atoms with E-state index in [0.29, 0.717) is 0 Å². The van der Waals surface area contributed by atoms with Gasteiger partial charge in [-0.2, -0.15) is 35.9 Å². The van der Waals surface area contributed by atoms with Crippen molar-refractivity contribution in [2.24, 2.45) is 0 Å². The number of fused-ring (bicyclic) bond motifs is 4. The zero-order valence-corrected chi connectivity index (χ0v) is 32.2. The Kier molecular flexibility index (Phi) is 8.75. The second-order valence-electron chi connectivity index (χ2n) is 14.4. The van der Waals surface area contributed by atoms with Gasteiger partial charge in [0.05, 0.1) is 0 Å². The van der Waals surface area contributed by atoms with Gasteiger partial charge < -0.3 is 14.4 Å². The fourth-order valence-electron chi connectivity index (χ4n) is 7.67. The van der Waals surface area contributed by atoms with Crippen molar-refractivity contribution in [1.29, 1.82) is 0 Å². The molecule has 0 aliphatic carbocycles. The molecule has 6 nitrogen and oxygen atoms in total. The van der Waals surface area contributed by atoms with E-state index in [1.807, 2.05) is 36.9 Å². The van der Waals surface area contributed by atoms with Crippen LogP contribution in [0.5, 0.6) is 0 Å². The van der Waals surface area contributed by atoms with Crippen molar-refractivity contribution in [3.63, 3.8) is 0 Å². The zero-order chi connectivity index (χ0) is 35.5. The van der Waals surface area contributed by atoms with Crippen LogP contribution in [-0.4, -0.2) is 26.6 Å². The standard InChI is InChI=1S/C46H37N6.Pt/c1-45(2,3)35-27-36(29-37(28-35)51-31-50(4)43-44(51)49-26-25-48-43)46(32-15-7-5-8-16-32,33-17-9-6-10-18-33)34-22-23-39-38-19-11-12-20-40(38)52(41(39)30-34)42-21-13-14-24-47-42;/h5-28,31H,1-4H3;/q-3;. The van der Waals surface area contributed by atoms with Gasteiger partial charge in [0.2, 0.25) is 0 Å². The number of pyridine rings is 1. The van der Waals surface area contributed by atoms with Crippen LogP contribution in [-0.2, 0) is 31.9 Å². The van der Waals surface area contributed by atoms with Crippen molar-refractivity contribution < 1.29 is 21.1 Å². The number of hydrogen-bond donors (Lipinski definition) is 0. The number of anilines is 3. The minimum absolute atomic E-state index is 0. The topological polar surface area (TPSA) is 50.1 Å². The van der Waals surface area contributed by atoms with Crippen LogP contribution in [0.2, 0.25) is 0 Å². The van der Waals surface area contributed by atoms with E-state index < -0.39 is 5.41 Å². The average Bonchev–Trinajstić information content (AvgIpc) is 3.70. The third-order valence-corrected chi connectivity index (χ3v) is 10.2. The van der Waals surface area contributed by atoms with Crippen LogP contribution in [0, 0.1) is 18.8 Å². The molecule has 1 aliphatic heterocycles. The maximum Gasteiger partial charge on any atom is 0.143 e. The van der Waals surface area contributed by atoms with E-state index in [9.17, 15) is 0 Å². The summed E-state index contributed by atoms with van der Waals surface area (Å²) in [5.74, 6) is 2.43. The maximum absolute atomic E-state index is 4.82. The molecule has 1 aliphatic rings. The molecule has 8 aromatic rings. The normalized spacial score (nSPS) is 13.0. The van der Waals surface area contributed by atoms with Gasteiger partial charge in [0, 0.05) is 50.6 Å². The van der Waals surface area contributed by atoms with Crippen LogP contribution in [0.15, 0.2) is 146 Å². The molecule has 0 unspecified atom stereocenters. The van der Waals surface area contributed by atoms with E-state index >= 15 is 0 Å². The molecular formula is C46H37N6Pt-3. The number of benzene rings is 5. The summed E-state index contributed by atoms with van der Waals surface area (Å²) in [5.41, 5.74) is 7.42. The molecule has 0 saturated carbocycles. The molecule has 4 heterocycles. The Hall–Kier alpha value is -5.58. The monoisotopic (exact) mass is 868 g/mol. The number of aromatic nitrogens is 4. The van der Waals surface area contributed by atoms with Gasteiger partial charge in [-0.05, 0) is 47.2 Å². The maximum atomic E-state index is 4.82. The van der Waals surface area contributed by atoms with Crippen LogP contribution < -0.4 is 9.80 Å². The molecular weight excluding hydrogens is 832 g/mol. The first-order valence-electron chi connectivity index (χ1n) is 17.6. The molecule has 0 amide bonds. The summed E-state index contributed by atoms with van der Waals surface area (Å²) in [6, 6.07) is 53.3. The third kappa shape index (κ3) is 5.64. The van der Waals surface area contributed by atoms with Gasteiger partial charge in [0.15, 0.2) is 0 Å². The smallest absolute Gasteiger partial charge is 0.143 e. The molecule has 0 bridgehead atoms. The van der Waals surface area contributed by atoms with Gasteiger partial charge in [-0.1, -0.05) is 111 Å². The van der Waals surface area contributed by atoms with Gasteiger partial charge in [-0.15, -0.1) is 34.9 Å². The van der Waals surface area contributed by atoms with Crippen LogP contribution in [0.1, 0.15) is 48.6 Å². The summed E-state index contributed by atoms with van der Waals surface area (Å²) in [7, 11) is 2.01. The van der Waals surface area contributed by atoms with E-state index in [1.165, 1.54) is 5.56 Å². The van der Waals surface area contributed by atoms with E-state index in [2.05, 4.69) is 163 Å². The molecule has 0 radical (unpaired) electrons. The second-order valence-corrected chi connectivity index (χ2v) is 14.4. The van der Waals surface area contributed by atoms with Crippen molar-refractivity contribution >= 4 is 39.1 Å². The average molecular weight is 869 g/mol. The Morgan fingerprint density at radius 2 is 1.25 bits per heavy atom. The second kappa shape index (κ2) is 13.4. The minimum Gasteiger partial charge on any atom is -0.487 e. The molecule has 53 heavy (non-hydrogen) atoms. The molecule has 0 fully saturated rings. The Bertz CT molecular complexity index is 2520. The number of para-hydroxylation sites is 1. The Balaban J connectivity index is 0.00000400. The van der Waals surface area contributed by atoms with Gasteiger partial charge in [-0.3, -0.25) is 0 Å². The predicted octanol–water partition coefficient (Wildman–Crippen LogP) is 9.95. The fraction of sp³-hybridized carbons (Fsp3) is 0.130. The Morgan fingerprint density at radius 3 is 1.92 bits per heavy atom. The van der Waals surface area contributed by atoms with Crippen LogP contribution in [0.4, 0.5) is 17.3 Å². The molecule has 0 N–H and O–H groups in total. The summed E-state index contributed by atoms with van der Waals surface area (Å²) in [6.07, 6.45) is 5.33.